The van der Waals surface area contributed by atoms with Crippen LogP contribution in [0.4, 0.5) is 0 Å². The topological polar surface area (TPSA) is 134 Å². The zero-order chi connectivity index (χ0) is 13.0. The first kappa shape index (κ1) is 13.8. The van der Waals surface area contributed by atoms with Gasteiger partial charge in [0, 0.05) is 13.1 Å². The number of aliphatic carboxylic acids is 1. The average Bonchev–Trinajstić information content (AvgIpc) is 2.72. The maximum absolute atomic E-state index is 11.2. The molecule has 0 saturated carbocycles. The largest absolute Gasteiger partial charge is 0.479 e. The SMILES string of the molecule is CC(O)C(N)C(=O)OON1CCNC1C(=O)O. The molecule has 1 aliphatic heterocycles. The Bertz CT molecular complexity index is 297. The molecule has 17 heavy (non-hydrogen) atoms. The van der Waals surface area contributed by atoms with Gasteiger partial charge >= 0.3 is 11.9 Å². The molecule has 0 aromatic heterocycles. The van der Waals surface area contributed by atoms with Gasteiger partial charge in [-0.25, -0.2) is 9.59 Å². The lowest BCUT2D eigenvalue weighted by Crippen LogP contribution is -2.45. The van der Waals surface area contributed by atoms with Gasteiger partial charge in [0.15, 0.2) is 6.17 Å². The van der Waals surface area contributed by atoms with Crippen molar-refractivity contribution in [2.45, 2.75) is 25.2 Å². The van der Waals surface area contributed by atoms with E-state index in [1.54, 1.807) is 0 Å². The van der Waals surface area contributed by atoms with E-state index in [9.17, 15) is 9.59 Å². The highest BCUT2D eigenvalue weighted by Crippen LogP contribution is 2.05. The summed E-state index contributed by atoms with van der Waals surface area (Å²) in [5, 5.41) is 21.3. The summed E-state index contributed by atoms with van der Waals surface area (Å²) in [6.45, 7) is 1.95. The quantitative estimate of drug-likeness (QED) is 0.305. The van der Waals surface area contributed by atoms with Crippen molar-refractivity contribution < 1.29 is 29.7 Å². The number of carboxylic acids is 1. The van der Waals surface area contributed by atoms with Gasteiger partial charge in [-0.1, -0.05) is 4.99 Å². The van der Waals surface area contributed by atoms with Crippen LogP contribution in [0.15, 0.2) is 0 Å². The van der Waals surface area contributed by atoms with Crippen molar-refractivity contribution in [3.05, 3.63) is 0 Å². The predicted molar refractivity (Wildman–Crippen MR) is 53.0 cm³/mol. The number of nitrogens with one attached hydrogen (secondary N) is 1. The maximum atomic E-state index is 11.2. The fourth-order valence-corrected chi connectivity index (χ4v) is 1.17. The number of aliphatic hydroxyl groups is 1. The highest BCUT2D eigenvalue weighted by molar-refractivity contribution is 5.75. The molecule has 9 heteroatoms. The molecule has 98 valence electrons. The molecule has 1 rings (SSSR count). The molecule has 0 aliphatic carbocycles. The molecule has 1 heterocycles. The van der Waals surface area contributed by atoms with Gasteiger partial charge in [-0.15, -0.1) is 5.06 Å². The minimum atomic E-state index is -1.24. The van der Waals surface area contributed by atoms with E-state index >= 15 is 0 Å². The lowest BCUT2D eigenvalue weighted by Gasteiger charge is -2.19. The van der Waals surface area contributed by atoms with Crippen molar-refractivity contribution in [1.82, 2.24) is 10.4 Å². The number of nitrogens with two attached hydrogens (primary N) is 1. The molecular weight excluding hydrogens is 234 g/mol. The fraction of sp³-hybridized carbons (Fsp3) is 0.750. The molecule has 1 fully saturated rings. The highest BCUT2D eigenvalue weighted by Gasteiger charge is 2.33. The molecule has 9 nitrogen and oxygen atoms in total. The van der Waals surface area contributed by atoms with Crippen LogP contribution in [0.2, 0.25) is 0 Å². The molecule has 0 bridgehead atoms. The highest BCUT2D eigenvalue weighted by atomic mass is 17.3. The van der Waals surface area contributed by atoms with Gasteiger partial charge in [-0.3, -0.25) is 10.2 Å². The molecule has 0 aromatic carbocycles. The van der Waals surface area contributed by atoms with E-state index in [4.69, 9.17) is 15.9 Å². The van der Waals surface area contributed by atoms with Crippen LogP contribution in [0.1, 0.15) is 6.92 Å². The maximum Gasteiger partial charge on any atom is 0.363 e. The Morgan fingerprint density at radius 1 is 1.59 bits per heavy atom. The molecule has 3 atom stereocenters. The Hall–Kier alpha value is -1.26. The number of hydrogen-bond acceptors (Lipinski definition) is 8. The second-order valence-electron chi connectivity index (χ2n) is 3.58. The molecule has 0 aromatic rings. The average molecular weight is 249 g/mol. The summed E-state index contributed by atoms with van der Waals surface area (Å²) in [7, 11) is 0. The fourth-order valence-electron chi connectivity index (χ4n) is 1.17. The summed E-state index contributed by atoms with van der Waals surface area (Å²) in [5.74, 6) is -2.13. The van der Waals surface area contributed by atoms with E-state index in [0.29, 0.717) is 6.54 Å². The van der Waals surface area contributed by atoms with Gasteiger partial charge in [0.25, 0.3) is 0 Å². The number of carbonyl (C=O) groups excluding carboxylic acids is 1. The van der Waals surface area contributed by atoms with E-state index in [1.807, 2.05) is 0 Å². The van der Waals surface area contributed by atoms with Crippen LogP contribution >= 0.6 is 0 Å². The first-order chi connectivity index (χ1) is 7.93. The number of hydroxylamine groups is 2. The Morgan fingerprint density at radius 3 is 2.76 bits per heavy atom. The lowest BCUT2D eigenvalue weighted by atomic mass is 10.2. The summed E-state index contributed by atoms with van der Waals surface area (Å²) in [6.07, 6.45) is -2.16. The minimum Gasteiger partial charge on any atom is -0.479 e. The third-order valence-electron chi connectivity index (χ3n) is 2.20. The molecular formula is C8H15N3O6. The van der Waals surface area contributed by atoms with Gasteiger partial charge in [0.05, 0.1) is 6.10 Å². The number of hydrogen-bond donors (Lipinski definition) is 4. The summed E-state index contributed by atoms with van der Waals surface area (Å²) < 4.78 is 0. The summed E-state index contributed by atoms with van der Waals surface area (Å²) in [6, 6.07) is -1.24. The van der Waals surface area contributed by atoms with Crippen molar-refractivity contribution in [3.63, 3.8) is 0 Å². The number of rotatable bonds is 5. The second kappa shape index (κ2) is 5.89. The smallest absolute Gasteiger partial charge is 0.363 e. The normalized spacial score (nSPS) is 24.3. The molecule has 5 N–H and O–H groups in total. The number of carboxylic acid groups (broad SMARTS) is 1. The van der Waals surface area contributed by atoms with E-state index in [1.165, 1.54) is 6.92 Å². The second-order valence-corrected chi connectivity index (χ2v) is 3.58. The van der Waals surface area contributed by atoms with Crippen molar-refractivity contribution >= 4 is 11.9 Å². The lowest BCUT2D eigenvalue weighted by molar-refractivity contribution is -0.401. The molecule has 0 amide bonds. The van der Waals surface area contributed by atoms with Crippen LogP contribution in [-0.4, -0.2) is 58.6 Å². The molecule has 0 radical (unpaired) electrons. The van der Waals surface area contributed by atoms with E-state index in [0.717, 1.165) is 5.06 Å². The Labute approximate surface area is 97.0 Å². The third kappa shape index (κ3) is 3.61. The zero-order valence-electron chi connectivity index (χ0n) is 9.20. The monoisotopic (exact) mass is 249 g/mol. The first-order valence-corrected chi connectivity index (χ1v) is 4.98. The first-order valence-electron chi connectivity index (χ1n) is 4.98. The molecule has 0 spiro atoms. The van der Waals surface area contributed by atoms with Crippen molar-refractivity contribution in [1.29, 1.82) is 0 Å². The van der Waals surface area contributed by atoms with Crippen molar-refractivity contribution in [3.8, 4) is 0 Å². The molecule has 3 unspecified atom stereocenters. The zero-order valence-corrected chi connectivity index (χ0v) is 9.20. The van der Waals surface area contributed by atoms with Gasteiger partial charge in [0.1, 0.15) is 6.04 Å². The van der Waals surface area contributed by atoms with E-state index in [2.05, 4.69) is 15.2 Å². The van der Waals surface area contributed by atoms with Gasteiger partial charge < -0.3 is 15.9 Å². The number of nitrogens with zero attached hydrogens (tertiary/aromatic N) is 1. The standard InChI is InChI=1S/C8H15N3O6/c1-4(12)5(9)8(15)16-17-11-3-2-10-6(11)7(13)14/h4-6,10,12H,2-3,9H2,1H3,(H,13,14). The Kier molecular flexibility index (Phi) is 4.78. The third-order valence-corrected chi connectivity index (χ3v) is 2.20. The van der Waals surface area contributed by atoms with E-state index < -0.39 is 30.3 Å². The van der Waals surface area contributed by atoms with Gasteiger partial charge in [-0.2, -0.15) is 0 Å². The molecule has 1 saturated heterocycles. The van der Waals surface area contributed by atoms with Crippen LogP contribution in [0.25, 0.3) is 0 Å². The van der Waals surface area contributed by atoms with Gasteiger partial charge in [-0.05, 0) is 6.92 Å². The summed E-state index contributed by atoms with van der Waals surface area (Å²) in [4.78, 5) is 30.8. The van der Waals surface area contributed by atoms with Crippen LogP contribution in [0.3, 0.4) is 0 Å². The predicted octanol–water partition coefficient (Wildman–Crippen LogP) is -2.60. The molecule has 1 aliphatic rings. The number of aliphatic hydroxyl groups excluding tert-OH is 1. The van der Waals surface area contributed by atoms with Crippen LogP contribution in [0, 0.1) is 0 Å². The summed E-state index contributed by atoms with van der Waals surface area (Å²) in [5.41, 5.74) is 5.28. The Morgan fingerprint density at radius 2 is 2.24 bits per heavy atom. The minimum absolute atomic E-state index is 0.244. The van der Waals surface area contributed by atoms with Crippen LogP contribution in [-0.2, 0) is 19.5 Å². The Balaban J connectivity index is 2.40. The van der Waals surface area contributed by atoms with Gasteiger partial charge in [0.2, 0.25) is 0 Å². The van der Waals surface area contributed by atoms with Crippen LogP contribution in [0.5, 0.6) is 0 Å². The van der Waals surface area contributed by atoms with Crippen molar-refractivity contribution in [2.75, 3.05) is 13.1 Å². The number of carbonyl (C=O) groups is 2. The van der Waals surface area contributed by atoms with E-state index in [-0.39, 0.29) is 6.54 Å². The summed E-state index contributed by atoms with van der Waals surface area (Å²) >= 11 is 0. The van der Waals surface area contributed by atoms with Crippen LogP contribution < -0.4 is 11.1 Å². The van der Waals surface area contributed by atoms with Crippen molar-refractivity contribution in [2.24, 2.45) is 5.73 Å².